The average Bonchev–Trinajstić information content (AvgIpc) is 3.16. The van der Waals surface area contributed by atoms with Crippen molar-refractivity contribution in [3.05, 3.63) is 41.7 Å². The molecular formula is C18H23N3O3S2. The number of benzene rings is 1. The molecule has 6 nitrogen and oxygen atoms in total. The van der Waals surface area contributed by atoms with Crippen LogP contribution in [0.15, 0.2) is 35.7 Å². The largest absolute Gasteiger partial charge is 0.351 e. The summed E-state index contributed by atoms with van der Waals surface area (Å²) in [7, 11) is -3.01. The second-order valence-corrected chi connectivity index (χ2v) is 10.3. The maximum absolute atomic E-state index is 12.4. The molecular weight excluding hydrogens is 370 g/mol. The van der Waals surface area contributed by atoms with Gasteiger partial charge in [0.15, 0.2) is 15.0 Å². The van der Waals surface area contributed by atoms with E-state index in [1.807, 2.05) is 23.8 Å². The minimum Gasteiger partial charge on any atom is -0.351 e. The Hall–Kier alpha value is -1.80. The molecule has 1 amide bonds. The molecule has 2 aromatic rings. The average molecular weight is 394 g/mol. The minimum atomic E-state index is -3.01. The van der Waals surface area contributed by atoms with E-state index in [0.717, 1.165) is 10.8 Å². The number of rotatable bonds is 5. The third-order valence-corrected chi connectivity index (χ3v) is 7.45. The number of aryl methyl sites for hydroxylation is 2. The predicted molar refractivity (Wildman–Crippen MR) is 104 cm³/mol. The van der Waals surface area contributed by atoms with Crippen LogP contribution in [0.1, 0.15) is 24.5 Å². The maximum atomic E-state index is 12.4. The molecule has 0 radical (unpaired) electrons. The third-order valence-electron chi connectivity index (χ3n) is 4.61. The molecule has 0 unspecified atom stereocenters. The number of carbonyl (C=O) groups is 1. The molecule has 0 bridgehead atoms. The van der Waals surface area contributed by atoms with Gasteiger partial charge in [0.25, 0.3) is 0 Å². The summed E-state index contributed by atoms with van der Waals surface area (Å²) < 4.78 is 25.0. The first kappa shape index (κ1) is 19.0. The zero-order chi connectivity index (χ0) is 18.9. The van der Waals surface area contributed by atoms with Crippen molar-refractivity contribution in [1.82, 2.24) is 14.9 Å². The number of hydrogen-bond donors (Lipinski definition) is 1. The summed E-state index contributed by atoms with van der Waals surface area (Å²) >= 11 is 1.36. The van der Waals surface area contributed by atoms with Gasteiger partial charge in [-0.15, -0.1) is 0 Å². The fourth-order valence-corrected chi connectivity index (χ4v) is 5.45. The molecule has 1 fully saturated rings. The molecule has 1 aromatic carbocycles. The summed E-state index contributed by atoms with van der Waals surface area (Å²) in [6, 6.07) is 5.91. The molecule has 26 heavy (non-hydrogen) atoms. The number of aromatic nitrogens is 2. The molecule has 2 heterocycles. The van der Waals surface area contributed by atoms with Crippen LogP contribution in [0.3, 0.4) is 0 Å². The molecule has 3 rings (SSSR count). The predicted octanol–water partition coefficient (Wildman–Crippen LogP) is 2.27. The van der Waals surface area contributed by atoms with Crippen molar-refractivity contribution in [2.24, 2.45) is 0 Å². The number of imidazole rings is 1. The van der Waals surface area contributed by atoms with Crippen LogP contribution in [-0.4, -0.2) is 46.7 Å². The molecule has 140 valence electrons. The number of nitrogens with zero attached hydrogens (tertiary/aromatic N) is 2. The van der Waals surface area contributed by atoms with Gasteiger partial charge in [-0.1, -0.05) is 17.8 Å². The number of thioether (sulfide) groups is 1. The van der Waals surface area contributed by atoms with Crippen LogP contribution >= 0.6 is 11.8 Å². The number of nitrogens with one attached hydrogen (secondary N) is 1. The van der Waals surface area contributed by atoms with Gasteiger partial charge in [0.05, 0.1) is 16.8 Å². The highest BCUT2D eigenvalue weighted by molar-refractivity contribution is 8.00. The fourth-order valence-electron chi connectivity index (χ4n) is 2.89. The Morgan fingerprint density at radius 1 is 1.35 bits per heavy atom. The highest BCUT2D eigenvalue weighted by Gasteiger charge is 2.30. The normalized spacial score (nSPS) is 20.0. The van der Waals surface area contributed by atoms with E-state index in [-0.39, 0.29) is 28.7 Å². The molecule has 0 aliphatic carbocycles. The van der Waals surface area contributed by atoms with E-state index >= 15 is 0 Å². The fraction of sp³-hybridized carbons (Fsp3) is 0.444. The van der Waals surface area contributed by atoms with Crippen LogP contribution in [0.2, 0.25) is 0 Å². The molecule has 1 aromatic heterocycles. The van der Waals surface area contributed by atoms with E-state index in [4.69, 9.17) is 0 Å². The monoisotopic (exact) mass is 393 g/mol. The van der Waals surface area contributed by atoms with Gasteiger partial charge in [0.1, 0.15) is 0 Å². The maximum Gasteiger partial charge on any atom is 0.233 e. The summed E-state index contributed by atoms with van der Waals surface area (Å²) in [4.78, 5) is 16.8. The van der Waals surface area contributed by atoms with E-state index in [0.29, 0.717) is 6.42 Å². The van der Waals surface area contributed by atoms with Gasteiger partial charge < -0.3 is 5.32 Å². The molecule has 2 atom stereocenters. The Kier molecular flexibility index (Phi) is 5.43. The second kappa shape index (κ2) is 7.44. The van der Waals surface area contributed by atoms with E-state index in [2.05, 4.69) is 36.3 Å². The lowest BCUT2D eigenvalue weighted by atomic mass is 10.1. The van der Waals surface area contributed by atoms with E-state index < -0.39 is 9.84 Å². The highest BCUT2D eigenvalue weighted by atomic mass is 32.2. The zero-order valence-corrected chi connectivity index (χ0v) is 16.7. The Balaban J connectivity index is 1.68. The lowest BCUT2D eigenvalue weighted by molar-refractivity contribution is -0.120. The number of sulfone groups is 1. The Morgan fingerprint density at radius 2 is 2.12 bits per heavy atom. The van der Waals surface area contributed by atoms with E-state index in [1.54, 1.807) is 6.20 Å². The van der Waals surface area contributed by atoms with Gasteiger partial charge in [-0.25, -0.2) is 13.4 Å². The third kappa shape index (κ3) is 4.29. The Labute approximate surface area is 158 Å². The van der Waals surface area contributed by atoms with Crippen LogP contribution in [0, 0.1) is 13.8 Å². The summed E-state index contributed by atoms with van der Waals surface area (Å²) in [6.45, 7) is 5.94. The Morgan fingerprint density at radius 3 is 2.77 bits per heavy atom. The smallest absolute Gasteiger partial charge is 0.233 e. The van der Waals surface area contributed by atoms with Crippen LogP contribution in [0.25, 0.3) is 5.69 Å². The summed E-state index contributed by atoms with van der Waals surface area (Å²) in [5.41, 5.74) is 3.42. The number of amides is 1. The quantitative estimate of drug-likeness (QED) is 0.788. The van der Waals surface area contributed by atoms with Crippen molar-refractivity contribution in [3.63, 3.8) is 0 Å². The summed E-state index contributed by atoms with van der Waals surface area (Å²) in [5, 5.41) is 3.21. The number of carbonyl (C=O) groups excluding carboxylic acids is 1. The molecule has 1 aliphatic rings. The second-order valence-electron chi connectivity index (χ2n) is 6.72. The summed E-state index contributed by atoms with van der Waals surface area (Å²) in [5.74, 6) is 0.0241. The van der Waals surface area contributed by atoms with Crippen molar-refractivity contribution < 1.29 is 13.2 Å². The van der Waals surface area contributed by atoms with Crippen LogP contribution in [-0.2, 0) is 14.6 Å². The number of hydrogen-bond acceptors (Lipinski definition) is 5. The highest BCUT2D eigenvalue weighted by Crippen LogP contribution is 2.26. The SMILES string of the molecule is Cc1ccc(-n2ccnc2S[C@@H](C)C(=O)N[C@@H]2CCS(=O)(=O)C2)cc1C. The van der Waals surface area contributed by atoms with Gasteiger partial charge in [-0.05, 0) is 50.5 Å². The lowest BCUT2D eigenvalue weighted by Gasteiger charge is -2.16. The Bertz CT molecular complexity index is 922. The zero-order valence-electron chi connectivity index (χ0n) is 15.1. The van der Waals surface area contributed by atoms with E-state index in [9.17, 15) is 13.2 Å². The van der Waals surface area contributed by atoms with Gasteiger partial charge in [-0.2, -0.15) is 0 Å². The molecule has 1 N–H and O–H groups in total. The standard InChI is InChI=1S/C18H23N3O3S2/c1-12-4-5-16(10-13(12)2)21-8-7-19-18(21)25-14(3)17(22)20-15-6-9-26(23,24)11-15/h4-5,7-8,10,14-15H,6,9,11H2,1-3H3,(H,20,22)/t14-,15+/m0/s1. The van der Waals surface area contributed by atoms with Gasteiger partial charge in [0, 0.05) is 24.1 Å². The molecule has 1 saturated heterocycles. The van der Waals surface area contributed by atoms with Crippen LogP contribution in [0.4, 0.5) is 0 Å². The molecule has 8 heteroatoms. The molecule has 1 aliphatic heterocycles. The first-order chi connectivity index (χ1) is 12.2. The topological polar surface area (TPSA) is 81.1 Å². The summed E-state index contributed by atoms with van der Waals surface area (Å²) in [6.07, 6.45) is 4.08. The van der Waals surface area contributed by atoms with Crippen molar-refractivity contribution in [2.45, 2.75) is 43.6 Å². The first-order valence-corrected chi connectivity index (χ1v) is 11.2. The van der Waals surface area contributed by atoms with Gasteiger partial charge in [0.2, 0.25) is 5.91 Å². The van der Waals surface area contributed by atoms with Gasteiger partial charge >= 0.3 is 0 Å². The minimum absolute atomic E-state index is 0.0351. The van der Waals surface area contributed by atoms with Crippen molar-refractivity contribution >= 4 is 27.5 Å². The van der Waals surface area contributed by atoms with Crippen LogP contribution < -0.4 is 5.32 Å². The van der Waals surface area contributed by atoms with Crippen molar-refractivity contribution in [3.8, 4) is 5.69 Å². The first-order valence-electron chi connectivity index (χ1n) is 8.53. The van der Waals surface area contributed by atoms with Crippen molar-refractivity contribution in [2.75, 3.05) is 11.5 Å². The lowest BCUT2D eigenvalue weighted by Crippen LogP contribution is -2.40. The van der Waals surface area contributed by atoms with Crippen molar-refractivity contribution in [1.29, 1.82) is 0 Å². The molecule has 0 saturated carbocycles. The van der Waals surface area contributed by atoms with E-state index in [1.165, 1.54) is 22.9 Å². The van der Waals surface area contributed by atoms with Gasteiger partial charge in [-0.3, -0.25) is 9.36 Å². The van der Waals surface area contributed by atoms with Crippen LogP contribution in [0.5, 0.6) is 0 Å². The molecule has 0 spiro atoms.